The number of nitrogens with zero attached hydrogens (tertiary/aromatic N) is 1. The molecule has 1 atom stereocenters. The summed E-state index contributed by atoms with van der Waals surface area (Å²) < 4.78 is 10.4. The van der Waals surface area contributed by atoms with Gasteiger partial charge in [0.15, 0.2) is 11.9 Å². The fourth-order valence-electron chi connectivity index (χ4n) is 3.51. The van der Waals surface area contributed by atoms with E-state index >= 15 is 0 Å². The van der Waals surface area contributed by atoms with Gasteiger partial charge >= 0.3 is 5.97 Å². The SMILES string of the molecule is Cc1ccc(C(=O)O[C@H](C)C(=O)NC2(C#N)CCCCC2)cc1NC(=O)c1ccco1. The van der Waals surface area contributed by atoms with Gasteiger partial charge in [0.2, 0.25) is 0 Å². The van der Waals surface area contributed by atoms with Crippen molar-refractivity contribution < 1.29 is 23.5 Å². The van der Waals surface area contributed by atoms with E-state index in [4.69, 9.17) is 9.15 Å². The molecule has 162 valence electrons. The Morgan fingerprint density at radius 3 is 2.58 bits per heavy atom. The van der Waals surface area contributed by atoms with E-state index < -0.39 is 29.4 Å². The highest BCUT2D eigenvalue weighted by Gasteiger charge is 2.35. The summed E-state index contributed by atoms with van der Waals surface area (Å²) in [7, 11) is 0. The fraction of sp³-hybridized carbons (Fsp3) is 0.391. The lowest BCUT2D eigenvalue weighted by Gasteiger charge is -2.32. The van der Waals surface area contributed by atoms with Crippen LogP contribution in [-0.2, 0) is 9.53 Å². The second kappa shape index (κ2) is 9.47. The third-order valence-corrected chi connectivity index (χ3v) is 5.40. The van der Waals surface area contributed by atoms with Gasteiger partial charge in [0.25, 0.3) is 11.8 Å². The molecule has 1 fully saturated rings. The third-order valence-electron chi connectivity index (χ3n) is 5.40. The minimum atomic E-state index is -1.07. The van der Waals surface area contributed by atoms with Gasteiger partial charge in [-0.05, 0) is 56.5 Å². The number of amides is 2. The molecular formula is C23H25N3O5. The van der Waals surface area contributed by atoms with Crippen LogP contribution in [0.1, 0.15) is 65.5 Å². The number of hydrogen-bond acceptors (Lipinski definition) is 6. The van der Waals surface area contributed by atoms with Crippen molar-refractivity contribution >= 4 is 23.5 Å². The van der Waals surface area contributed by atoms with Gasteiger partial charge in [-0.1, -0.05) is 25.3 Å². The Kier molecular flexibility index (Phi) is 6.75. The number of furan rings is 1. The summed E-state index contributed by atoms with van der Waals surface area (Å²) in [5, 5.41) is 15.0. The first-order chi connectivity index (χ1) is 14.8. The summed E-state index contributed by atoms with van der Waals surface area (Å²) in [5.74, 6) is -1.51. The van der Waals surface area contributed by atoms with Crippen molar-refractivity contribution in [3.8, 4) is 6.07 Å². The first-order valence-corrected chi connectivity index (χ1v) is 10.2. The molecule has 31 heavy (non-hydrogen) atoms. The lowest BCUT2D eigenvalue weighted by atomic mass is 9.83. The summed E-state index contributed by atoms with van der Waals surface area (Å²) in [4.78, 5) is 37.3. The smallest absolute Gasteiger partial charge is 0.338 e. The lowest BCUT2D eigenvalue weighted by molar-refractivity contribution is -0.130. The Morgan fingerprint density at radius 2 is 1.94 bits per heavy atom. The number of carbonyl (C=O) groups is 3. The summed E-state index contributed by atoms with van der Waals surface area (Å²) in [6.45, 7) is 3.25. The zero-order valence-electron chi connectivity index (χ0n) is 17.6. The first-order valence-electron chi connectivity index (χ1n) is 10.2. The molecular weight excluding hydrogens is 398 g/mol. The number of benzene rings is 1. The molecule has 1 aliphatic rings. The van der Waals surface area contributed by atoms with Crippen molar-refractivity contribution in [1.29, 1.82) is 5.26 Å². The number of ether oxygens (including phenoxy) is 1. The highest BCUT2D eigenvalue weighted by molar-refractivity contribution is 6.03. The van der Waals surface area contributed by atoms with E-state index in [0.717, 1.165) is 24.8 Å². The molecule has 3 rings (SSSR count). The summed E-state index contributed by atoms with van der Waals surface area (Å²) >= 11 is 0. The Morgan fingerprint density at radius 1 is 1.19 bits per heavy atom. The molecule has 2 amide bonds. The molecule has 1 aromatic heterocycles. The van der Waals surface area contributed by atoms with Crippen LogP contribution in [0.3, 0.4) is 0 Å². The molecule has 2 N–H and O–H groups in total. The van der Waals surface area contributed by atoms with Crippen LogP contribution in [0.4, 0.5) is 5.69 Å². The molecule has 0 aliphatic heterocycles. The van der Waals surface area contributed by atoms with Crippen LogP contribution in [0.5, 0.6) is 0 Å². The van der Waals surface area contributed by atoms with Gasteiger partial charge < -0.3 is 19.8 Å². The first kappa shape index (κ1) is 22.1. The molecule has 0 radical (unpaired) electrons. The Balaban J connectivity index is 1.65. The third kappa shape index (κ3) is 5.31. The molecule has 0 saturated heterocycles. The van der Waals surface area contributed by atoms with Gasteiger partial charge in [-0.25, -0.2) is 4.79 Å². The minimum absolute atomic E-state index is 0.145. The van der Waals surface area contributed by atoms with E-state index in [-0.39, 0.29) is 11.3 Å². The highest BCUT2D eigenvalue weighted by atomic mass is 16.5. The van der Waals surface area contributed by atoms with Crippen LogP contribution in [-0.4, -0.2) is 29.4 Å². The van der Waals surface area contributed by atoms with E-state index in [1.54, 1.807) is 25.1 Å². The number of rotatable bonds is 6. The van der Waals surface area contributed by atoms with Crippen LogP contribution >= 0.6 is 0 Å². The number of aryl methyl sites for hydroxylation is 1. The van der Waals surface area contributed by atoms with Crippen LogP contribution in [0.15, 0.2) is 41.0 Å². The molecule has 8 heteroatoms. The summed E-state index contributed by atoms with van der Waals surface area (Å²) in [6.07, 6.45) is 4.29. The Hall–Kier alpha value is -3.60. The second-order valence-corrected chi connectivity index (χ2v) is 7.75. The molecule has 0 spiro atoms. The number of carbonyl (C=O) groups excluding carboxylic acids is 3. The molecule has 1 aliphatic carbocycles. The number of anilines is 1. The van der Waals surface area contributed by atoms with Crippen molar-refractivity contribution in [2.45, 2.75) is 57.6 Å². The maximum absolute atomic E-state index is 12.6. The quantitative estimate of drug-likeness (QED) is 0.683. The maximum Gasteiger partial charge on any atom is 0.338 e. The van der Waals surface area contributed by atoms with Crippen molar-refractivity contribution in [2.24, 2.45) is 0 Å². The predicted molar refractivity (Wildman–Crippen MR) is 112 cm³/mol. The fourth-order valence-corrected chi connectivity index (χ4v) is 3.51. The van der Waals surface area contributed by atoms with Crippen LogP contribution in [0, 0.1) is 18.3 Å². The van der Waals surface area contributed by atoms with Crippen LogP contribution in [0.25, 0.3) is 0 Å². The molecule has 8 nitrogen and oxygen atoms in total. The Bertz CT molecular complexity index is 1000. The number of nitrogens with one attached hydrogen (secondary N) is 2. The number of nitriles is 1. The van der Waals surface area contributed by atoms with Crippen molar-refractivity contribution in [3.63, 3.8) is 0 Å². The second-order valence-electron chi connectivity index (χ2n) is 7.75. The van der Waals surface area contributed by atoms with E-state index in [1.165, 1.54) is 25.3 Å². The molecule has 1 aromatic carbocycles. The van der Waals surface area contributed by atoms with E-state index in [0.29, 0.717) is 18.5 Å². The predicted octanol–water partition coefficient (Wildman–Crippen LogP) is 3.73. The largest absolute Gasteiger partial charge is 0.459 e. The average Bonchev–Trinajstić information content (AvgIpc) is 3.31. The van der Waals surface area contributed by atoms with E-state index in [9.17, 15) is 19.6 Å². The van der Waals surface area contributed by atoms with Crippen molar-refractivity contribution in [2.75, 3.05) is 5.32 Å². The molecule has 0 unspecified atom stereocenters. The normalized spacial score (nSPS) is 15.9. The number of esters is 1. The monoisotopic (exact) mass is 423 g/mol. The number of hydrogen-bond donors (Lipinski definition) is 2. The van der Waals surface area contributed by atoms with Crippen LogP contribution in [0.2, 0.25) is 0 Å². The maximum atomic E-state index is 12.6. The highest BCUT2D eigenvalue weighted by Crippen LogP contribution is 2.27. The standard InChI is InChI=1S/C23H25N3O5/c1-15-8-9-17(13-18(15)25-21(28)19-7-6-12-30-19)22(29)31-16(2)20(27)26-23(14-24)10-4-3-5-11-23/h6-9,12-13,16H,3-5,10-11H2,1-2H3,(H,25,28)(H,26,27)/t16-/m1/s1. The van der Waals surface area contributed by atoms with Gasteiger partial charge in [-0.3, -0.25) is 9.59 Å². The summed E-state index contributed by atoms with van der Waals surface area (Å²) in [6, 6.07) is 10.1. The van der Waals surface area contributed by atoms with Gasteiger partial charge in [0.05, 0.1) is 17.9 Å². The van der Waals surface area contributed by atoms with E-state index in [2.05, 4.69) is 16.7 Å². The molecule has 1 heterocycles. The van der Waals surface area contributed by atoms with Crippen molar-refractivity contribution in [3.05, 3.63) is 53.5 Å². The van der Waals surface area contributed by atoms with Gasteiger partial charge in [0.1, 0.15) is 5.54 Å². The van der Waals surface area contributed by atoms with Gasteiger partial charge in [-0.15, -0.1) is 0 Å². The molecule has 1 saturated carbocycles. The zero-order valence-corrected chi connectivity index (χ0v) is 17.6. The minimum Gasteiger partial charge on any atom is -0.459 e. The lowest BCUT2D eigenvalue weighted by Crippen LogP contribution is -2.52. The van der Waals surface area contributed by atoms with Gasteiger partial charge in [-0.2, -0.15) is 5.26 Å². The van der Waals surface area contributed by atoms with Crippen LogP contribution < -0.4 is 10.6 Å². The summed E-state index contributed by atoms with van der Waals surface area (Å²) in [5.41, 5.74) is 0.463. The molecule has 2 aromatic rings. The zero-order chi connectivity index (χ0) is 22.4. The Labute approximate surface area is 180 Å². The van der Waals surface area contributed by atoms with Gasteiger partial charge in [0, 0.05) is 5.69 Å². The molecule has 0 bridgehead atoms. The topological polar surface area (TPSA) is 121 Å². The average molecular weight is 423 g/mol. The van der Waals surface area contributed by atoms with Crippen molar-refractivity contribution in [1.82, 2.24) is 5.32 Å². The van der Waals surface area contributed by atoms with E-state index in [1.807, 2.05) is 0 Å².